The van der Waals surface area contributed by atoms with Crippen LogP contribution in [-0.2, 0) is 0 Å². The lowest BCUT2D eigenvalue weighted by molar-refractivity contribution is 0.0988. The van der Waals surface area contributed by atoms with Gasteiger partial charge in [0.25, 0.3) is 5.91 Å². The van der Waals surface area contributed by atoms with Crippen LogP contribution in [0.3, 0.4) is 0 Å². The Bertz CT molecular complexity index is 1710. The van der Waals surface area contributed by atoms with Gasteiger partial charge in [0.1, 0.15) is 11.9 Å². The molecular weight excluding hydrogens is 511 g/mol. The lowest BCUT2D eigenvalue weighted by Gasteiger charge is -2.35. The predicted octanol–water partition coefficient (Wildman–Crippen LogP) is 5.33. The van der Waals surface area contributed by atoms with Crippen LogP contribution >= 0.6 is 11.6 Å². The minimum Gasteiger partial charge on any atom is -0.480 e. The first kappa shape index (κ1) is 23.9. The highest BCUT2D eigenvalue weighted by Crippen LogP contribution is 2.54. The zero-order chi connectivity index (χ0) is 26.9. The number of benzene rings is 2. The molecule has 0 bridgehead atoms. The third kappa shape index (κ3) is 3.15. The summed E-state index contributed by atoms with van der Waals surface area (Å²) >= 11 is 6.18. The normalized spacial score (nSPS) is 15.1. The van der Waals surface area contributed by atoms with Gasteiger partial charge >= 0.3 is 6.01 Å². The van der Waals surface area contributed by atoms with E-state index in [9.17, 15) is 10.1 Å². The number of anilines is 1. The molecule has 2 aliphatic rings. The summed E-state index contributed by atoms with van der Waals surface area (Å²) in [5.41, 5.74) is 3.61. The molecule has 190 valence electrons. The molecule has 2 aromatic heterocycles. The fraction of sp³-hybridized carbons (Fsp3) is 0.222. The number of halogens is 2. The molecule has 2 aromatic carbocycles. The summed E-state index contributed by atoms with van der Waals surface area (Å²) in [6.45, 7) is 3.92. The lowest BCUT2D eigenvalue weighted by atomic mass is 9.86. The molecule has 0 fully saturated rings. The zero-order valence-electron chi connectivity index (χ0n) is 20.8. The largest absolute Gasteiger partial charge is 0.480 e. The second kappa shape index (κ2) is 8.53. The molecular formula is C27H20ClFN6O3. The van der Waals surface area contributed by atoms with Crippen molar-refractivity contribution in [3.05, 3.63) is 69.9 Å². The molecule has 0 spiro atoms. The summed E-state index contributed by atoms with van der Waals surface area (Å²) in [6, 6.07) is 9.73. The summed E-state index contributed by atoms with van der Waals surface area (Å²) in [5.74, 6) is -0.499. The van der Waals surface area contributed by atoms with E-state index in [4.69, 9.17) is 26.1 Å². The van der Waals surface area contributed by atoms with E-state index in [0.717, 1.165) is 5.56 Å². The first-order chi connectivity index (χ1) is 18.3. The Morgan fingerprint density at radius 3 is 2.58 bits per heavy atom. The zero-order valence-corrected chi connectivity index (χ0v) is 21.5. The molecule has 11 heteroatoms. The Labute approximate surface area is 222 Å². The van der Waals surface area contributed by atoms with Crippen molar-refractivity contribution in [1.82, 2.24) is 19.5 Å². The van der Waals surface area contributed by atoms with Crippen LogP contribution in [0.15, 0.2) is 36.5 Å². The molecule has 1 atom stereocenters. The average Bonchev–Trinajstić information content (AvgIpc) is 3.45. The Kier molecular flexibility index (Phi) is 5.36. The van der Waals surface area contributed by atoms with E-state index in [1.165, 1.54) is 31.4 Å². The first-order valence-corrected chi connectivity index (χ1v) is 12.1. The fourth-order valence-corrected chi connectivity index (χ4v) is 5.45. The Balaban J connectivity index is 1.66. The number of rotatable bonds is 4. The summed E-state index contributed by atoms with van der Waals surface area (Å²) < 4.78 is 28.1. The van der Waals surface area contributed by atoms with Crippen molar-refractivity contribution in [1.29, 1.82) is 5.26 Å². The van der Waals surface area contributed by atoms with Crippen LogP contribution in [0, 0.1) is 17.1 Å². The molecule has 1 amide bonds. The van der Waals surface area contributed by atoms with Crippen molar-refractivity contribution in [3.8, 4) is 40.5 Å². The molecule has 0 saturated heterocycles. The number of ether oxygens (including phenoxy) is 2. The number of hydrogen-bond acceptors (Lipinski definition) is 7. The Morgan fingerprint density at radius 2 is 1.89 bits per heavy atom. The maximum Gasteiger partial charge on any atom is 0.319 e. The highest BCUT2D eigenvalue weighted by atomic mass is 35.5. The molecule has 9 nitrogen and oxygen atoms in total. The number of nitriles is 1. The fourth-order valence-electron chi connectivity index (χ4n) is 5.30. The number of amides is 1. The van der Waals surface area contributed by atoms with Crippen LogP contribution in [0.25, 0.3) is 22.5 Å². The van der Waals surface area contributed by atoms with Gasteiger partial charge in [-0.2, -0.15) is 10.2 Å². The van der Waals surface area contributed by atoms with Crippen LogP contribution in [0.5, 0.6) is 11.9 Å². The summed E-state index contributed by atoms with van der Waals surface area (Å²) in [7, 11) is 2.93. The molecule has 4 aromatic rings. The van der Waals surface area contributed by atoms with Crippen molar-refractivity contribution >= 4 is 23.2 Å². The molecule has 0 radical (unpaired) electrons. The van der Waals surface area contributed by atoms with Crippen LogP contribution in [0.1, 0.15) is 53.2 Å². The van der Waals surface area contributed by atoms with Gasteiger partial charge in [-0.25, -0.2) is 14.4 Å². The molecule has 0 saturated carbocycles. The van der Waals surface area contributed by atoms with Crippen LogP contribution in [-0.4, -0.2) is 39.6 Å². The molecule has 0 aliphatic carbocycles. The molecule has 0 N–H and O–H groups in total. The number of nitrogens with zero attached hydrogens (tertiary/aromatic N) is 6. The molecule has 1 unspecified atom stereocenters. The number of imidazole rings is 1. The van der Waals surface area contributed by atoms with Gasteiger partial charge in [0.15, 0.2) is 11.5 Å². The van der Waals surface area contributed by atoms with E-state index in [-0.39, 0.29) is 34.3 Å². The minimum absolute atomic E-state index is 0.0651. The predicted molar refractivity (Wildman–Crippen MR) is 137 cm³/mol. The van der Waals surface area contributed by atoms with Gasteiger partial charge in [-0.05, 0) is 43.2 Å². The van der Waals surface area contributed by atoms with E-state index in [2.05, 4.69) is 16.0 Å². The number of hydrogen-bond donors (Lipinski definition) is 0. The van der Waals surface area contributed by atoms with Gasteiger partial charge in [0.2, 0.25) is 5.88 Å². The van der Waals surface area contributed by atoms with Gasteiger partial charge in [-0.1, -0.05) is 23.7 Å². The van der Waals surface area contributed by atoms with E-state index in [1.54, 1.807) is 24.3 Å². The number of aromatic nitrogens is 4. The van der Waals surface area contributed by atoms with Gasteiger partial charge in [0, 0.05) is 17.8 Å². The maximum absolute atomic E-state index is 15.6. The van der Waals surface area contributed by atoms with Crippen LogP contribution < -0.4 is 14.4 Å². The highest BCUT2D eigenvalue weighted by molar-refractivity contribution is 6.31. The van der Waals surface area contributed by atoms with Crippen molar-refractivity contribution < 1.29 is 18.7 Å². The average molecular weight is 531 g/mol. The van der Waals surface area contributed by atoms with E-state index in [0.29, 0.717) is 33.8 Å². The lowest BCUT2D eigenvalue weighted by Crippen LogP contribution is -2.34. The standard InChI is InChI=1S/C27H20ClFN6O3/c1-12(2)34-23-20(32-24(34)17-11-31-27(38-4)33-25(17)37-3)26(36)35-21-14(7-8-18(28)19(21)29)16-9-13(10-30)5-6-15(16)22(23)35/h5-9,11-12,22H,1-4H3. The molecule has 38 heavy (non-hydrogen) atoms. The Hall–Kier alpha value is -4.49. The second-order valence-corrected chi connectivity index (χ2v) is 9.57. The summed E-state index contributed by atoms with van der Waals surface area (Å²) in [4.78, 5) is 28.6. The van der Waals surface area contributed by atoms with E-state index >= 15 is 4.39 Å². The van der Waals surface area contributed by atoms with Gasteiger partial charge in [-0.3, -0.25) is 9.69 Å². The monoisotopic (exact) mass is 530 g/mol. The van der Waals surface area contributed by atoms with E-state index < -0.39 is 17.8 Å². The Morgan fingerprint density at radius 1 is 1.11 bits per heavy atom. The van der Waals surface area contributed by atoms with Crippen molar-refractivity contribution in [3.63, 3.8) is 0 Å². The van der Waals surface area contributed by atoms with Crippen LogP contribution in [0.4, 0.5) is 10.1 Å². The third-order valence-corrected chi connectivity index (χ3v) is 7.12. The summed E-state index contributed by atoms with van der Waals surface area (Å²) in [6.07, 6.45) is 1.53. The van der Waals surface area contributed by atoms with Crippen LogP contribution in [0.2, 0.25) is 5.02 Å². The number of methoxy groups -OCH3 is 2. The molecule has 4 heterocycles. The smallest absolute Gasteiger partial charge is 0.319 e. The number of fused-ring (bicyclic) bond motifs is 8. The molecule has 2 aliphatic heterocycles. The third-order valence-electron chi connectivity index (χ3n) is 6.83. The maximum atomic E-state index is 15.6. The quantitative estimate of drug-likeness (QED) is 0.351. The second-order valence-electron chi connectivity index (χ2n) is 9.16. The number of carbonyl (C=O) groups excluding carboxylic acids is 1. The van der Waals surface area contributed by atoms with Gasteiger partial charge in [0.05, 0.1) is 47.8 Å². The molecule has 6 rings (SSSR count). The summed E-state index contributed by atoms with van der Waals surface area (Å²) in [5, 5.41) is 9.45. The van der Waals surface area contributed by atoms with Crippen molar-refractivity contribution in [2.45, 2.75) is 25.9 Å². The topological polar surface area (TPSA) is 106 Å². The van der Waals surface area contributed by atoms with Crippen molar-refractivity contribution in [2.24, 2.45) is 0 Å². The van der Waals surface area contributed by atoms with Gasteiger partial charge < -0.3 is 14.0 Å². The van der Waals surface area contributed by atoms with E-state index in [1.807, 2.05) is 18.4 Å². The first-order valence-electron chi connectivity index (χ1n) is 11.7. The van der Waals surface area contributed by atoms with Crippen molar-refractivity contribution in [2.75, 3.05) is 19.1 Å². The minimum atomic E-state index is -0.706. The number of carbonyl (C=O) groups is 1. The van der Waals surface area contributed by atoms with Gasteiger partial charge in [-0.15, -0.1) is 0 Å². The highest BCUT2D eigenvalue weighted by Gasteiger charge is 2.49. The SMILES string of the molecule is COc1ncc(-c2nc3c(n2C(C)C)C2c4ccc(C#N)cc4-c4ccc(Cl)c(F)c4N2C3=O)c(OC)n1.